The summed E-state index contributed by atoms with van der Waals surface area (Å²) in [5.74, 6) is -0.207. The predicted molar refractivity (Wildman–Crippen MR) is 129 cm³/mol. The fourth-order valence-electron chi connectivity index (χ4n) is 4.75. The van der Waals surface area contributed by atoms with Crippen LogP contribution in [0.2, 0.25) is 5.02 Å². The van der Waals surface area contributed by atoms with Crippen LogP contribution < -0.4 is 10.2 Å². The number of fused-ring (bicyclic) bond motifs is 1. The maximum atomic E-state index is 14.0. The quantitative estimate of drug-likeness (QED) is 0.515. The molecule has 3 aromatic rings. The summed E-state index contributed by atoms with van der Waals surface area (Å²) < 4.78 is 42.8. The summed E-state index contributed by atoms with van der Waals surface area (Å²) in [5.41, 5.74) is 2.90. The number of rotatable bonds is 3. The highest BCUT2D eigenvalue weighted by Crippen LogP contribution is 2.44. The molecule has 0 radical (unpaired) electrons. The summed E-state index contributed by atoms with van der Waals surface area (Å²) in [7, 11) is 0. The fourth-order valence-corrected chi connectivity index (χ4v) is 4.93. The second-order valence-corrected chi connectivity index (χ2v) is 9.45. The molecule has 1 amide bonds. The molecule has 184 valence electrons. The molecule has 0 spiro atoms. The number of nitrogens with zero attached hydrogens (tertiary/aromatic N) is 4. The normalized spacial score (nSPS) is 20.4. The summed E-state index contributed by atoms with van der Waals surface area (Å²) in [6.45, 7) is 4.01. The largest absolute Gasteiger partial charge is 0.410 e. The molecule has 2 atom stereocenters. The van der Waals surface area contributed by atoms with Crippen LogP contribution in [0.3, 0.4) is 0 Å². The van der Waals surface area contributed by atoms with E-state index in [9.17, 15) is 18.0 Å². The van der Waals surface area contributed by atoms with Crippen molar-refractivity contribution < 1.29 is 18.0 Å². The third kappa shape index (κ3) is 4.69. The summed E-state index contributed by atoms with van der Waals surface area (Å²) >= 11 is 6.10. The third-order valence-electron chi connectivity index (χ3n) is 6.69. The van der Waals surface area contributed by atoms with Crippen molar-refractivity contribution in [1.29, 1.82) is 0 Å². The van der Waals surface area contributed by atoms with E-state index in [0.29, 0.717) is 31.2 Å². The van der Waals surface area contributed by atoms with Crippen LogP contribution in [0.4, 0.5) is 24.7 Å². The number of piperazine rings is 1. The third-order valence-corrected chi connectivity index (χ3v) is 6.92. The predicted octanol–water partition coefficient (Wildman–Crippen LogP) is 5.47. The molecule has 3 heterocycles. The Labute approximate surface area is 206 Å². The number of halogens is 4. The van der Waals surface area contributed by atoms with Gasteiger partial charge in [-0.3, -0.25) is 4.79 Å². The molecule has 5 rings (SSSR count). The van der Waals surface area contributed by atoms with Gasteiger partial charge in [0.2, 0.25) is 0 Å². The van der Waals surface area contributed by atoms with Crippen molar-refractivity contribution in [3.8, 4) is 0 Å². The van der Waals surface area contributed by atoms with Crippen LogP contribution in [0.25, 0.3) is 0 Å². The number of benzene rings is 2. The lowest BCUT2D eigenvalue weighted by Crippen LogP contribution is -2.49. The average molecular weight is 504 g/mol. The van der Waals surface area contributed by atoms with Crippen molar-refractivity contribution in [2.75, 3.05) is 36.4 Å². The molecule has 1 saturated heterocycles. The van der Waals surface area contributed by atoms with Gasteiger partial charge in [0.05, 0.1) is 12.2 Å². The summed E-state index contributed by atoms with van der Waals surface area (Å²) in [4.78, 5) is 17.2. The maximum Gasteiger partial charge on any atom is 0.410 e. The number of carbonyl (C=O) groups excluding carboxylic acids is 1. The summed E-state index contributed by atoms with van der Waals surface area (Å²) in [6, 6.07) is 12.5. The second kappa shape index (κ2) is 9.11. The van der Waals surface area contributed by atoms with E-state index in [-0.39, 0.29) is 23.7 Å². The van der Waals surface area contributed by atoms with E-state index in [0.717, 1.165) is 21.5 Å². The number of carbonyl (C=O) groups is 1. The topological polar surface area (TPSA) is 53.4 Å². The molecule has 2 aliphatic heterocycles. The van der Waals surface area contributed by atoms with Crippen molar-refractivity contribution in [2.45, 2.75) is 31.6 Å². The van der Waals surface area contributed by atoms with E-state index in [1.807, 2.05) is 49.4 Å². The van der Waals surface area contributed by atoms with Gasteiger partial charge < -0.3 is 15.1 Å². The Morgan fingerprint density at radius 1 is 1.09 bits per heavy atom. The Bertz CT molecular complexity index is 1220. The number of hydrogen-bond donors (Lipinski definition) is 1. The van der Waals surface area contributed by atoms with Crippen molar-refractivity contribution in [2.24, 2.45) is 0 Å². The molecular weight excluding hydrogens is 479 g/mol. The highest BCUT2D eigenvalue weighted by Gasteiger charge is 2.47. The Morgan fingerprint density at radius 3 is 2.46 bits per heavy atom. The highest BCUT2D eigenvalue weighted by atomic mass is 35.5. The first-order chi connectivity index (χ1) is 16.7. The zero-order chi connectivity index (χ0) is 24.7. The SMILES string of the molecule is Cc1ccc([C@H]2C[C@@H](C(F)(F)F)n3ncc(C(=O)N4CCN(c5cccc(Cl)c5)CC4)c3N2)cc1. The van der Waals surface area contributed by atoms with Gasteiger partial charge in [-0.2, -0.15) is 18.3 Å². The van der Waals surface area contributed by atoms with Crippen molar-refractivity contribution >= 4 is 29.0 Å². The Morgan fingerprint density at radius 2 is 1.80 bits per heavy atom. The molecule has 1 N–H and O–H groups in total. The lowest BCUT2D eigenvalue weighted by molar-refractivity contribution is -0.173. The van der Waals surface area contributed by atoms with Crippen LogP contribution in [-0.2, 0) is 0 Å². The van der Waals surface area contributed by atoms with Gasteiger partial charge in [0.25, 0.3) is 5.91 Å². The lowest BCUT2D eigenvalue weighted by Gasteiger charge is -2.37. The van der Waals surface area contributed by atoms with Gasteiger partial charge in [-0.05, 0) is 30.7 Å². The molecule has 0 aliphatic carbocycles. The Balaban J connectivity index is 1.38. The maximum absolute atomic E-state index is 14.0. The van der Waals surface area contributed by atoms with Crippen molar-refractivity contribution in [1.82, 2.24) is 14.7 Å². The minimum atomic E-state index is -4.49. The molecule has 2 aromatic carbocycles. The average Bonchev–Trinajstić information content (AvgIpc) is 3.27. The van der Waals surface area contributed by atoms with Crippen molar-refractivity contribution in [3.63, 3.8) is 0 Å². The Hall–Kier alpha value is -3.20. The van der Waals surface area contributed by atoms with Gasteiger partial charge in [-0.15, -0.1) is 0 Å². The first-order valence-electron chi connectivity index (χ1n) is 11.5. The molecule has 10 heteroatoms. The molecule has 1 aromatic heterocycles. The molecule has 0 bridgehead atoms. The van der Waals surface area contributed by atoms with Crippen LogP contribution in [0.15, 0.2) is 54.7 Å². The molecule has 0 saturated carbocycles. The van der Waals surface area contributed by atoms with E-state index in [1.54, 1.807) is 11.0 Å². The lowest BCUT2D eigenvalue weighted by atomic mass is 9.96. The molecular formula is C25H25ClF3N5O. The monoisotopic (exact) mass is 503 g/mol. The van der Waals surface area contributed by atoms with Crippen LogP contribution >= 0.6 is 11.6 Å². The first kappa shape index (κ1) is 23.5. The number of aromatic nitrogens is 2. The van der Waals surface area contributed by atoms with Crippen molar-refractivity contribution in [3.05, 3.63) is 76.4 Å². The molecule has 1 fully saturated rings. The minimum Gasteiger partial charge on any atom is -0.368 e. The van der Waals surface area contributed by atoms with Gasteiger partial charge in [0.1, 0.15) is 11.4 Å². The van der Waals surface area contributed by atoms with Crippen LogP contribution in [-0.4, -0.2) is 52.9 Å². The first-order valence-corrected chi connectivity index (χ1v) is 11.9. The minimum absolute atomic E-state index is 0.117. The number of aryl methyl sites for hydroxylation is 1. The van der Waals surface area contributed by atoms with E-state index >= 15 is 0 Å². The zero-order valence-electron chi connectivity index (χ0n) is 19.1. The Kier molecular flexibility index (Phi) is 6.13. The van der Waals surface area contributed by atoms with E-state index in [2.05, 4.69) is 15.3 Å². The number of alkyl halides is 3. The summed E-state index contributed by atoms with van der Waals surface area (Å²) in [5, 5.41) is 7.81. The standard InChI is InChI=1S/C25H25ClF3N5O/c1-16-5-7-17(8-6-16)21-14-22(25(27,28)29)34-23(31-21)20(15-30-34)24(35)33-11-9-32(10-12-33)19-4-2-3-18(26)13-19/h2-8,13,15,21-22,31H,9-12,14H2,1H3/t21-,22+/m1/s1. The highest BCUT2D eigenvalue weighted by molar-refractivity contribution is 6.30. The van der Waals surface area contributed by atoms with Crippen LogP contribution in [0, 0.1) is 6.92 Å². The van der Waals surface area contributed by atoms with Gasteiger partial charge in [0, 0.05) is 43.3 Å². The number of nitrogens with one attached hydrogen (secondary N) is 1. The smallest absolute Gasteiger partial charge is 0.368 e. The number of anilines is 2. The molecule has 0 unspecified atom stereocenters. The summed E-state index contributed by atoms with van der Waals surface area (Å²) in [6.07, 6.45) is -3.44. The van der Waals surface area contributed by atoms with Crippen LogP contribution in [0.1, 0.15) is 40.0 Å². The number of hydrogen-bond acceptors (Lipinski definition) is 4. The van der Waals surface area contributed by atoms with Gasteiger partial charge in [-0.1, -0.05) is 47.5 Å². The van der Waals surface area contributed by atoms with Gasteiger partial charge >= 0.3 is 6.18 Å². The zero-order valence-corrected chi connectivity index (χ0v) is 19.9. The molecule has 35 heavy (non-hydrogen) atoms. The van der Waals surface area contributed by atoms with E-state index in [4.69, 9.17) is 11.6 Å². The molecule has 6 nitrogen and oxygen atoms in total. The second-order valence-electron chi connectivity index (χ2n) is 9.01. The van der Waals surface area contributed by atoms with E-state index in [1.165, 1.54) is 6.20 Å². The van der Waals surface area contributed by atoms with Gasteiger partial charge in [0.15, 0.2) is 6.04 Å². The van der Waals surface area contributed by atoms with Gasteiger partial charge in [-0.25, -0.2) is 4.68 Å². The fraction of sp³-hybridized carbons (Fsp3) is 0.360. The van der Waals surface area contributed by atoms with Crippen LogP contribution in [0.5, 0.6) is 0 Å². The molecule has 2 aliphatic rings. The number of amides is 1. The van der Waals surface area contributed by atoms with E-state index < -0.39 is 18.3 Å².